The summed E-state index contributed by atoms with van der Waals surface area (Å²) in [5, 5.41) is 0. The maximum Gasteiger partial charge on any atom is 0.00220 e. The molecule has 1 aliphatic heterocycles. The van der Waals surface area contributed by atoms with E-state index in [0.29, 0.717) is 0 Å². The second-order valence-corrected chi connectivity index (χ2v) is 3.85. The molecule has 1 fully saturated rings. The van der Waals surface area contributed by atoms with E-state index in [0.717, 1.165) is 11.8 Å². The molecule has 0 unspecified atom stereocenters. The van der Waals surface area contributed by atoms with Crippen LogP contribution in [0.1, 0.15) is 27.2 Å². The predicted molar refractivity (Wildman–Crippen MR) is 45.1 cm³/mol. The number of likely N-dealkylation sites (tertiary alicyclic amines) is 1. The predicted octanol–water partition coefficient (Wildman–Crippen LogP) is 1.98. The molecule has 0 atom stereocenters. The summed E-state index contributed by atoms with van der Waals surface area (Å²) < 4.78 is 0. The Bertz CT molecular complexity index is 92.9. The van der Waals surface area contributed by atoms with Gasteiger partial charge in [0.15, 0.2) is 0 Å². The summed E-state index contributed by atoms with van der Waals surface area (Å²) in [6.45, 7) is 10.8. The lowest BCUT2D eigenvalue weighted by molar-refractivity contribution is 0.0916. The van der Waals surface area contributed by atoms with Crippen LogP contribution in [0.5, 0.6) is 0 Å². The molecule has 1 nitrogen and oxygen atoms in total. The summed E-state index contributed by atoms with van der Waals surface area (Å²) >= 11 is 0. The molecule has 1 heteroatoms. The van der Waals surface area contributed by atoms with Crippen LogP contribution in [0.2, 0.25) is 0 Å². The second-order valence-electron chi connectivity index (χ2n) is 3.85. The average Bonchev–Trinajstić information content (AvgIpc) is 1.76. The minimum atomic E-state index is 0.893. The summed E-state index contributed by atoms with van der Waals surface area (Å²) in [5.41, 5.74) is 0. The molecule has 0 spiro atoms. The third-order valence-corrected chi connectivity index (χ3v) is 2.28. The molecule has 60 valence electrons. The molecule has 1 rings (SSSR count). The number of rotatable bonds is 3. The van der Waals surface area contributed by atoms with E-state index in [4.69, 9.17) is 0 Å². The van der Waals surface area contributed by atoms with Crippen LogP contribution in [0.15, 0.2) is 0 Å². The van der Waals surface area contributed by atoms with Crippen LogP contribution in [-0.4, -0.2) is 24.5 Å². The van der Waals surface area contributed by atoms with Crippen LogP contribution in [0.25, 0.3) is 0 Å². The van der Waals surface area contributed by atoms with Gasteiger partial charge in [0, 0.05) is 13.1 Å². The highest BCUT2D eigenvalue weighted by molar-refractivity contribution is 4.78. The zero-order chi connectivity index (χ0) is 7.56. The summed E-state index contributed by atoms with van der Waals surface area (Å²) in [7, 11) is 0. The molecule has 0 aromatic heterocycles. The highest BCUT2D eigenvalue weighted by Crippen LogP contribution is 2.21. The van der Waals surface area contributed by atoms with Crippen LogP contribution in [0.4, 0.5) is 0 Å². The van der Waals surface area contributed by atoms with Crippen molar-refractivity contribution in [3.63, 3.8) is 0 Å². The standard InChI is InChI=1S/C9H19N/c1-4-10-6-9(7-10)5-8(2)3/h8-9H,4-7H2,1-3H3. The topological polar surface area (TPSA) is 3.24 Å². The van der Waals surface area contributed by atoms with Crippen molar-refractivity contribution in [3.8, 4) is 0 Å². The maximum atomic E-state index is 2.51. The van der Waals surface area contributed by atoms with Crippen LogP contribution >= 0.6 is 0 Å². The first-order valence-corrected chi connectivity index (χ1v) is 4.44. The van der Waals surface area contributed by atoms with Gasteiger partial charge in [-0.1, -0.05) is 20.8 Å². The first-order chi connectivity index (χ1) is 4.72. The third kappa shape index (κ3) is 1.98. The van der Waals surface area contributed by atoms with Gasteiger partial charge in [0.1, 0.15) is 0 Å². The van der Waals surface area contributed by atoms with Crippen molar-refractivity contribution in [1.82, 2.24) is 4.90 Å². The Morgan fingerprint density at radius 1 is 1.40 bits per heavy atom. The molecule has 1 aliphatic rings. The van der Waals surface area contributed by atoms with Gasteiger partial charge in [0.2, 0.25) is 0 Å². The lowest BCUT2D eigenvalue weighted by Crippen LogP contribution is -2.46. The van der Waals surface area contributed by atoms with Gasteiger partial charge >= 0.3 is 0 Å². The van der Waals surface area contributed by atoms with Gasteiger partial charge < -0.3 is 4.90 Å². The second kappa shape index (κ2) is 3.38. The molecule has 0 amide bonds. The Morgan fingerprint density at radius 3 is 2.40 bits per heavy atom. The van der Waals surface area contributed by atoms with E-state index >= 15 is 0 Å². The number of nitrogens with zero attached hydrogens (tertiary/aromatic N) is 1. The molecule has 0 aliphatic carbocycles. The molecule has 0 N–H and O–H groups in total. The summed E-state index contributed by atoms with van der Waals surface area (Å²) in [6, 6.07) is 0. The van der Waals surface area contributed by atoms with E-state index in [-0.39, 0.29) is 0 Å². The molecule has 0 saturated carbocycles. The molecule has 1 heterocycles. The highest BCUT2D eigenvalue weighted by Gasteiger charge is 2.24. The highest BCUT2D eigenvalue weighted by atomic mass is 15.2. The lowest BCUT2D eigenvalue weighted by atomic mass is 9.91. The first kappa shape index (κ1) is 8.06. The van der Waals surface area contributed by atoms with Crippen LogP contribution < -0.4 is 0 Å². The fourth-order valence-corrected chi connectivity index (χ4v) is 1.75. The Hall–Kier alpha value is -0.0400. The molecule has 10 heavy (non-hydrogen) atoms. The van der Waals surface area contributed by atoms with E-state index in [2.05, 4.69) is 25.7 Å². The van der Waals surface area contributed by atoms with Crippen molar-refractivity contribution in [2.45, 2.75) is 27.2 Å². The SMILES string of the molecule is CCN1CC(CC(C)C)C1. The van der Waals surface area contributed by atoms with E-state index in [1.54, 1.807) is 0 Å². The first-order valence-electron chi connectivity index (χ1n) is 4.44. The molecular weight excluding hydrogens is 122 g/mol. The summed E-state index contributed by atoms with van der Waals surface area (Å²) in [5.74, 6) is 1.91. The van der Waals surface area contributed by atoms with Gasteiger partial charge in [-0.15, -0.1) is 0 Å². The summed E-state index contributed by atoms with van der Waals surface area (Å²) in [4.78, 5) is 2.51. The van der Waals surface area contributed by atoms with Crippen LogP contribution in [0.3, 0.4) is 0 Å². The Morgan fingerprint density at radius 2 is 2.00 bits per heavy atom. The summed E-state index contributed by atoms with van der Waals surface area (Å²) in [6.07, 6.45) is 1.43. The molecule has 1 saturated heterocycles. The van der Waals surface area contributed by atoms with Crippen LogP contribution in [-0.2, 0) is 0 Å². The van der Waals surface area contributed by atoms with Gasteiger partial charge in [-0.3, -0.25) is 0 Å². The lowest BCUT2D eigenvalue weighted by Gasteiger charge is -2.39. The molecule has 0 aromatic rings. The minimum absolute atomic E-state index is 0.893. The van der Waals surface area contributed by atoms with Crippen molar-refractivity contribution in [2.75, 3.05) is 19.6 Å². The third-order valence-electron chi connectivity index (χ3n) is 2.28. The van der Waals surface area contributed by atoms with E-state index in [9.17, 15) is 0 Å². The van der Waals surface area contributed by atoms with Crippen molar-refractivity contribution in [3.05, 3.63) is 0 Å². The fraction of sp³-hybridized carbons (Fsp3) is 1.00. The van der Waals surface area contributed by atoms with Gasteiger partial charge in [0.05, 0.1) is 0 Å². The fourth-order valence-electron chi connectivity index (χ4n) is 1.75. The van der Waals surface area contributed by atoms with Crippen molar-refractivity contribution in [2.24, 2.45) is 11.8 Å². The quantitative estimate of drug-likeness (QED) is 0.581. The Labute approximate surface area is 64.4 Å². The van der Waals surface area contributed by atoms with E-state index in [1.807, 2.05) is 0 Å². The van der Waals surface area contributed by atoms with Gasteiger partial charge in [0.25, 0.3) is 0 Å². The number of hydrogen-bond acceptors (Lipinski definition) is 1. The van der Waals surface area contributed by atoms with Gasteiger partial charge in [-0.25, -0.2) is 0 Å². The van der Waals surface area contributed by atoms with Crippen molar-refractivity contribution >= 4 is 0 Å². The van der Waals surface area contributed by atoms with Crippen molar-refractivity contribution < 1.29 is 0 Å². The molecule has 0 radical (unpaired) electrons. The van der Waals surface area contributed by atoms with Gasteiger partial charge in [-0.05, 0) is 24.8 Å². The molecular formula is C9H19N. The molecule has 0 bridgehead atoms. The van der Waals surface area contributed by atoms with Crippen LogP contribution in [0, 0.1) is 11.8 Å². The Balaban J connectivity index is 2.03. The smallest absolute Gasteiger partial charge is 0.00220 e. The average molecular weight is 141 g/mol. The van der Waals surface area contributed by atoms with Crippen molar-refractivity contribution in [1.29, 1.82) is 0 Å². The molecule has 0 aromatic carbocycles. The normalized spacial score (nSPS) is 21.6. The van der Waals surface area contributed by atoms with E-state index < -0.39 is 0 Å². The monoisotopic (exact) mass is 141 g/mol. The largest absolute Gasteiger partial charge is 0.303 e. The zero-order valence-corrected chi connectivity index (χ0v) is 7.43. The maximum absolute atomic E-state index is 2.51. The Kier molecular flexibility index (Phi) is 2.72. The zero-order valence-electron chi connectivity index (χ0n) is 7.43. The number of hydrogen-bond donors (Lipinski definition) is 0. The minimum Gasteiger partial charge on any atom is -0.303 e. The van der Waals surface area contributed by atoms with Gasteiger partial charge in [-0.2, -0.15) is 0 Å². The van der Waals surface area contributed by atoms with E-state index in [1.165, 1.54) is 26.1 Å².